The molecule has 0 aromatic heterocycles. The van der Waals surface area contributed by atoms with Crippen LogP contribution in [0.3, 0.4) is 0 Å². The Morgan fingerprint density at radius 3 is 1.68 bits per heavy atom. The fraction of sp³-hybridized carbons (Fsp3) is 0.0769. The van der Waals surface area contributed by atoms with Gasteiger partial charge in [-0.25, -0.2) is 0 Å². The lowest BCUT2D eigenvalue weighted by molar-refractivity contribution is -0.384. The van der Waals surface area contributed by atoms with Crippen LogP contribution in [0.4, 0.5) is 22.7 Å². The molecule has 0 saturated heterocycles. The van der Waals surface area contributed by atoms with Gasteiger partial charge in [0.1, 0.15) is 16.4 Å². The largest absolute Gasteiger partial charge is 0.393 e. The third kappa shape index (κ3) is 4.06. The summed E-state index contributed by atoms with van der Waals surface area (Å²) in [6.45, 7) is 1.66. The zero-order valence-electron chi connectivity index (χ0n) is 11.5. The van der Waals surface area contributed by atoms with Crippen LogP contribution in [0.2, 0.25) is 5.02 Å². The van der Waals surface area contributed by atoms with E-state index in [0.717, 1.165) is 0 Å². The van der Waals surface area contributed by atoms with Gasteiger partial charge < -0.3 is 11.5 Å². The number of hydrogen-bond acceptors (Lipinski definition) is 6. The molecule has 0 amide bonds. The van der Waals surface area contributed by atoms with E-state index in [0.29, 0.717) is 5.56 Å². The molecule has 9 heteroatoms. The van der Waals surface area contributed by atoms with Crippen LogP contribution in [0.5, 0.6) is 0 Å². The fourth-order valence-electron chi connectivity index (χ4n) is 1.66. The van der Waals surface area contributed by atoms with Gasteiger partial charge in [-0.2, -0.15) is 0 Å². The van der Waals surface area contributed by atoms with Crippen LogP contribution >= 0.6 is 11.6 Å². The molecule has 2 aromatic rings. The molecule has 0 aliphatic heterocycles. The van der Waals surface area contributed by atoms with Crippen LogP contribution in [-0.2, 0) is 0 Å². The van der Waals surface area contributed by atoms with Crippen LogP contribution < -0.4 is 11.5 Å². The molecule has 0 aliphatic carbocycles. The molecule has 116 valence electrons. The van der Waals surface area contributed by atoms with Crippen molar-refractivity contribution in [2.45, 2.75) is 6.92 Å². The van der Waals surface area contributed by atoms with Crippen molar-refractivity contribution < 1.29 is 9.85 Å². The van der Waals surface area contributed by atoms with Crippen molar-refractivity contribution in [2.75, 3.05) is 11.5 Å². The summed E-state index contributed by atoms with van der Waals surface area (Å²) in [6.07, 6.45) is 0. The maximum atomic E-state index is 10.4. The molecule has 0 unspecified atom stereocenters. The summed E-state index contributed by atoms with van der Waals surface area (Å²) in [6, 6.07) is 9.29. The highest BCUT2D eigenvalue weighted by Crippen LogP contribution is 2.29. The van der Waals surface area contributed by atoms with E-state index in [1.807, 2.05) is 0 Å². The van der Waals surface area contributed by atoms with Crippen molar-refractivity contribution in [3.63, 3.8) is 0 Å². The van der Waals surface area contributed by atoms with Gasteiger partial charge in [-0.05, 0) is 25.1 Å². The minimum absolute atomic E-state index is 0.00694. The zero-order chi connectivity index (χ0) is 16.9. The van der Waals surface area contributed by atoms with Gasteiger partial charge in [0.2, 0.25) is 0 Å². The number of anilines is 2. The van der Waals surface area contributed by atoms with E-state index in [2.05, 4.69) is 0 Å². The fourth-order valence-corrected chi connectivity index (χ4v) is 1.91. The first kappa shape index (κ1) is 17.2. The summed E-state index contributed by atoms with van der Waals surface area (Å²) in [5.41, 5.74) is 11.4. The highest BCUT2D eigenvalue weighted by Gasteiger charge is 2.15. The molecule has 2 rings (SSSR count). The van der Waals surface area contributed by atoms with Crippen LogP contribution in [0.1, 0.15) is 5.56 Å². The molecule has 0 fully saturated rings. The number of benzene rings is 2. The molecule has 0 atom stereocenters. The van der Waals surface area contributed by atoms with Crippen molar-refractivity contribution in [3.05, 3.63) is 67.2 Å². The number of nitrogen functional groups attached to an aromatic ring is 2. The van der Waals surface area contributed by atoms with E-state index >= 15 is 0 Å². The number of aryl methyl sites for hydroxylation is 1. The van der Waals surface area contributed by atoms with Gasteiger partial charge in [-0.1, -0.05) is 29.8 Å². The highest BCUT2D eigenvalue weighted by atomic mass is 35.5. The highest BCUT2D eigenvalue weighted by molar-refractivity contribution is 6.33. The maximum absolute atomic E-state index is 10.4. The molecule has 0 spiro atoms. The van der Waals surface area contributed by atoms with Gasteiger partial charge in [0.25, 0.3) is 5.69 Å². The third-order valence-electron chi connectivity index (χ3n) is 2.65. The first-order valence-corrected chi connectivity index (χ1v) is 6.31. The van der Waals surface area contributed by atoms with Gasteiger partial charge in [0.15, 0.2) is 0 Å². The van der Waals surface area contributed by atoms with E-state index in [4.69, 9.17) is 23.1 Å². The minimum atomic E-state index is -0.600. The van der Waals surface area contributed by atoms with Crippen LogP contribution in [0.15, 0.2) is 36.4 Å². The third-order valence-corrected chi connectivity index (χ3v) is 2.96. The van der Waals surface area contributed by atoms with Gasteiger partial charge in [-0.15, -0.1) is 0 Å². The summed E-state index contributed by atoms with van der Waals surface area (Å²) in [4.78, 5) is 19.6. The van der Waals surface area contributed by atoms with E-state index in [9.17, 15) is 20.2 Å². The quantitative estimate of drug-likeness (QED) is 0.493. The summed E-state index contributed by atoms with van der Waals surface area (Å²) in [7, 11) is 0. The average Bonchev–Trinajstić information content (AvgIpc) is 2.38. The van der Waals surface area contributed by atoms with Crippen molar-refractivity contribution in [2.24, 2.45) is 0 Å². The van der Waals surface area contributed by atoms with E-state index in [1.54, 1.807) is 25.1 Å². The number of nitrogens with two attached hydrogens (primary N) is 2. The monoisotopic (exact) mass is 324 g/mol. The van der Waals surface area contributed by atoms with E-state index < -0.39 is 9.85 Å². The maximum Gasteiger partial charge on any atom is 0.310 e. The molecule has 0 bridgehead atoms. The standard InChI is InChI=1S/C7H8N2O2.C6H5ClN2O2/c1-5-3-2-4-6(8)7(5)9(10)11;7-4-2-1-3-5(8)6(4)9(10)11/h2-4H,8H2,1H3;1-3H,8H2. The summed E-state index contributed by atoms with van der Waals surface area (Å²) >= 11 is 5.50. The van der Waals surface area contributed by atoms with Gasteiger partial charge in [0.05, 0.1) is 9.85 Å². The topological polar surface area (TPSA) is 138 Å². The number of halogens is 1. The molecule has 2 aromatic carbocycles. The Labute approximate surface area is 130 Å². The number of nitrogens with zero attached hydrogens (tertiary/aromatic N) is 2. The molecular weight excluding hydrogens is 312 g/mol. The summed E-state index contributed by atoms with van der Waals surface area (Å²) in [5, 5.41) is 20.7. The predicted molar refractivity (Wildman–Crippen MR) is 84.8 cm³/mol. The molecule has 0 heterocycles. The number of hydrogen-bond donors (Lipinski definition) is 2. The van der Waals surface area contributed by atoms with Crippen LogP contribution in [0, 0.1) is 27.2 Å². The minimum Gasteiger partial charge on any atom is -0.393 e. The van der Waals surface area contributed by atoms with Crippen molar-refractivity contribution in [1.82, 2.24) is 0 Å². The lowest BCUT2D eigenvalue weighted by atomic mass is 10.2. The zero-order valence-corrected chi connectivity index (χ0v) is 12.3. The molecule has 22 heavy (non-hydrogen) atoms. The van der Waals surface area contributed by atoms with Gasteiger partial charge in [0, 0.05) is 5.56 Å². The molecular formula is C13H13ClN4O4. The Bertz CT molecular complexity index is 619. The Morgan fingerprint density at radius 1 is 0.909 bits per heavy atom. The molecule has 0 saturated carbocycles. The Kier molecular flexibility index (Phi) is 5.65. The first-order valence-electron chi connectivity index (χ1n) is 5.93. The average molecular weight is 325 g/mol. The smallest absolute Gasteiger partial charge is 0.310 e. The van der Waals surface area contributed by atoms with E-state index in [-0.39, 0.29) is 27.8 Å². The van der Waals surface area contributed by atoms with Crippen molar-refractivity contribution in [3.8, 4) is 0 Å². The number of rotatable bonds is 2. The lowest BCUT2D eigenvalue weighted by Gasteiger charge is -1.98. The second-order valence-electron chi connectivity index (χ2n) is 4.20. The molecule has 0 aliphatic rings. The summed E-state index contributed by atoms with van der Waals surface area (Å²) < 4.78 is 0. The Hall–Kier alpha value is -2.87. The van der Waals surface area contributed by atoms with E-state index in [1.165, 1.54) is 18.2 Å². The Balaban J connectivity index is 0.000000220. The SMILES string of the molecule is Cc1cccc(N)c1[N+](=O)[O-].Nc1cccc(Cl)c1[N+](=O)[O-]. The predicted octanol–water partition coefficient (Wildman–Crippen LogP) is 3.32. The number of nitro benzene ring substituents is 2. The summed E-state index contributed by atoms with van der Waals surface area (Å²) in [5.74, 6) is 0. The second kappa shape index (κ2) is 7.23. The van der Waals surface area contributed by atoms with Crippen molar-refractivity contribution >= 4 is 34.4 Å². The second-order valence-corrected chi connectivity index (χ2v) is 4.61. The Morgan fingerprint density at radius 2 is 1.36 bits per heavy atom. The van der Waals surface area contributed by atoms with Gasteiger partial charge >= 0.3 is 5.69 Å². The van der Waals surface area contributed by atoms with Gasteiger partial charge in [-0.3, -0.25) is 20.2 Å². The molecule has 8 nitrogen and oxygen atoms in total. The number of nitro groups is 2. The molecule has 4 N–H and O–H groups in total. The van der Waals surface area contributed by atoms with Crippen LogP contribution in [-0.4, -0.2) is 9.85 Å². The number of para-hydroxylation sites is 2. The normalized spacial score (nSPS) is 9.55. The first-order chi connectivity index (χ1) is 10.3. The van der Waals surface area contributed by atoms with Crippen LogP contribution in [0.25, 0.3) is 0 Å². The molecule has 0 radical (unpaired) electrons. The van der Waals surface area contributed by atoms with Crippen molar-refractivity contribution in [1.29, 1.82) is 0 Å². The lowest BCUT2D eigenvalue weighted by Crippen LogP contribution is -1.97.